The molecule has 0 radical (unpaired) electrons. The Hall–Kier alpha value is -3.35. The quantitative estimate of drug-likeness (QED) is 0.591. The molecule has 3 aromatic heterocycles. The zero-order valence-corrected chi connectivity index (χ0v) is 13.1. The summed E-state index contributed by atoms with van der Waals surface area (Å²) < 4.78 is 6.98. The zero-order valence-electron chi connectivity index (χ0n) is 13.1. The van der Waals surface area contributed by atoms with Gasteiger partial charge in [-0.25, -0.2) is 9.50 Å². The minimum atomic E-state index is 0.679. The van der Waals surface area contributed by atoms with Crippen molar-refractivity contribution >= 4 is 11.5 Å². The molecule has 0 bridgehead atoms. The molecule has 0 saturated carbocycles. The summed E-state index contributed by atoms with van der Waals surface area (Å²) in [7, 11) is 1.66. The first-order valence-corrected chi connectivity index (χ1v) is 7.54. The Morgan fingerprint density at radius 1 is 1.12 bits per heavy atom. The fourth-order valence-electron chi connectivity index (χ4n) is 2.49. The predicted octanol–water partition coefficient (Wildman–Crippen LogP) is 2.74. The second-order valence-electron chi connectivity index (χ2n) is 5.32. The van der Waals surface area contributed by atoms with E-state index in [-0.39, 0.29) is 0 Å². The number of aromatic amines is 1. The van der Waals surface area contributed by atoms with Crippen LogP contribution in [0.4, 0.5) is 5.82 Å². The monoisotopic (exact) mass is 320 g/mol. The van der Waals surface area contributed by atoms with Crippen LogP contribution < -0.4 is 10.1 Å². The van der Waals surface area contributed by atoms with Crippen molar-refractivity contribution in [2.75, 3.05) is 12.4 Å². The number of aromatic nitrogens is 5. The van der Waals surface area contributed by atoms with Gasteiger partial charge >= 0.3 is 0 Å². The molecule has 4 rings (SSSR count). The van der Waals surface area contributed by atoms with E-state index in [9.17, 15) is 0 Å². The Labute approximate surface area is 138 Å². The van der Waals surface area contributed by atoms with Crippen molar-refractivity contribution in [3.05, 3.63) is 60.6 Å². The van der Waals surface area contributed by atoms with Gasteiger partial charge in [0, 0.05) is 18.3 Å². The van der Waals surface area contributed by atoms with Crippen molar-refractivity contribution in [1.82, 2.24) is 24.8 Å². The first-order valence-electron chi connectivity index (χ1n) is 7.54. The number of H-pyrrole nitrogens is 1. The fourth-order valence-corrected chi connectivity index (χ4v) is 2.49. The molecule has 0 amide bonds. The number of ether oxygens (including phenoxy) is 1. The van der Waals surface area contributed by atoms with Crippen LogP contribution in [0.25, 0.3) is 16.9 Å². The second kappa shape index (κ2) is 6.04. The lowest BCUT2D eigenvalue weighted by Crippen LogP contribution is -2.04. The maximum absolute atomic E-state index is 5.17. The number of hydrogen-bond acceptors (Lipinski definition) is 5. The van der Waals surface area contributed by atoms with Crippen molar-refractivity contribution in [3.63, 3.8) is 0 Å². The van der Waals surface area contributed by atoms with Crippen LogP contribution in [0, 0.1) is 0 Å². The average molecular weight is 320 g/mol. The molecule has 0 fully saturated rings. The van der Waals surface area contributed by atoms with Gasteiger partial charge in [-0.1, -0.05) is 12.1 Å². The van der Waals surface area contributed by atoms with Gasteiger partial charge in [0.05, 0.1) is 25.2 Å². The van der Waals surface area contributed by atoms with Crippen LogP contribution in [0.2, 0.25) is 0 Å². The van der Waals surface area contributed by atoms with Gasteiger partial charge in [0.2, 0.25) is 0 Å². The smallest absolute Gasteiger partial charge is 0.154 e. The highest BCUT2D eigenvalue weighted by Gasteiger charge is 2.08. The van der Waals surface area contributed by atoms with Crippen molar-refractivity contribution < 1.29 is 4.74 Å². The van der Waals surface area contributed by atoms with Crippen LogP contribution in [0.3, 0.4) is 0 Å². The molecule has 3 heterocycles. The van der Waals surface area contributed by atoms with E-state index in [1.165, 1.54) is 0 Å². The third kappa shape index (κ3) is 2.67. The van der Waals surface area contributed by atoms with Gasteiger partial charge in [0.25, 0.3) is 0 Å². The Morgan fingerprint density at radius 3 is 2.75 bits per heavy atom. The summed E-state index contributed by atoms with van der Waals surface area (Å²) in [6.07, 6.45) is 5.37. The standard InChI is InChI=1S/C17H16N6O/c1-24-14-4-2-12(3-5-14)8-18-16-6-7-17-19-11-15(23(17)22-16)13-9-20-21-10-13/h2-7,9-11H,8H2,1H3,(H,18,22)(H,20,21). The molecular formula is C17H16N6O. The minimum absolute atomic E-state index is 0.679. The number of rotatable bonds is 5. The van der Waals surface area contributed by atoms with E-state index in [4.69, 9.17) is 4.74 Å². The molecule has 0 aliphatic carbocycles. The highest BCUT2D eigenvalue weighted by atomic mass is 16.5. The molecule has 24 heavy (non-hydrogen) atoms. The molecule has 4 aromatic rings. The maximum atomic E-state index is 5.17. The topological polar surface area (TPSA) is 80.1 Å². The van der Waals surface area contributed by atoms with Gasteiger partial charge in [-0.05, 0) is 29.8 Å². The van der Waals surface area contributed by atoms with E-state index in [1.54, 1.807) is 24.0 Å². The number of anilines is 1. The molecule has 0 aliphatic heterocycles. The van der Waals surface area contributed by atoms with Gasteiger partial charge in [-0.15, -0.1) is 5.10 Å². The van der Waals surface area contributed by atoms with Gasteiger partial charge in [-0.2, -0.15) is 5.10 Å². The molecule has 0 spiro atoms. The Kier molecular flexibility index (Phi) is 3.59. The van der Waals surface area contributed by atoms with E-state index >= 15 is 0 Å². The summed E-state index contributed by atoms with van der Waals surface area (Å²) in [5.41, 5.74) is 3.79. The summed E-state index contributed by atoms with van der Waals surface area (Å²) in [5.74, 6) is 1.63. The lowest BCUT2D eigenvalue weighted by atomic mass is 10.2. The molecule has 2 N–H and O–H groups in total. The molecule has 0 aliphatic rings. The van der Waals surface area contributed by atoms with Crippen molar-refractivity contribution in [1.29, 1.82) is 0 Å². The largest absolute Gasteiger partial charge is 0.497 e. The second-order valence-corrected chi connectivity index (χ2v) is 5.32. The first kappa shape index (κ1) is 14.3. The molecule has 120 valence electrons. The average Bonchev–Trinajstić information content (AvgIpc) is 3.29. The van der Waals surface area contributed by atoms with Gasteiger partial charge in [0.1, 0.15) is 11.6 Å². The first-order chi connectivity index (χ1) is 11.8. The van der Waals surface area contributed by atoms with Crippen LogP contribution in [-0.4, -0.2) is 31.9 Å². The van der Waals surface area contributed by atoms with E-state index < -0.39 is 0 Å². The van der Waals surface area contributed by atoms with Crippen molar-refractivity contribution in [2.24, 2.45) is 0 Å². The highest BCUT2D eigenvalue weighted by Crippen LogP contribution is 2.19. The van der Waals surface area contributed by atoms with Crippen LogP contribution in [0.1, 0.15) is 5.56 Å². The summed E-state index contributed by atoms with van der Waals surface area (Å²) in [5, 5.41) is 14.7. The summed E-state index contributed by atoms with van der Waals surface area (Å²) in [6.45, 7) is 0.679. The number of nitrogens with one attached hydrogen (secondary N) is 2. The third-order valence-corrected chi connectivity index (χ3v) is 3.79. The summed E-state index contributed by atoms with van der Waals surface area (Å²) >= 11 is 0. The van der Waals surface area contributed by atoms with Crippen LogP contribution in [0.15, 0.2) is 55.0 Å². The predicted molar refractivity (Wildman–Crippen MR) is 90.9 cm³/mol. The molecule has 0 saturated heterocycles. The number of imidazole rings is 1. The third-order valence-electron chi connectivity index (χ3n) is 3.79. The Balaban J connectivity index is 1.57. The lowest BCUT2D eigenvalue weighted by molar-refractivity contribution is 0.414. The van der Waals surface area contributed by atoms with E-state index in [2.05, 4.69) is 25.6 Å². The van der Waals surface area contributed by atoms with Crippen LogP contribution in [0.5, 0.6) is 5.75 Å². The van der Waals surface area contributed by atoms with E-state index in [0.717, 1.165) is 34.0 Å². The van der Waals surface area contributed by atoms with E-state index in [1.807, 2.05) is 42.6 Å². The number of hydrogen-bond donors (Lipinski definition) is 2. The van der Waals surface area contributed by atoms with Crippen molar-refractivity contribution in [3.8, 4) is 17.0 Å². The molecule has 7 heteroatoms. The Morgan fingerprint density at radius 2 is 2.00 bits per heavy atom. The zero-order chi connectivity index (χ0) is 16.4. The normalized spacial score (nSPS) is 10.9. The highest BCUT2D eigenvalue weighted by molar-refractivity contribution is 5.62. The molecule has 0 unspecified atom stereocenters. The minimum Gasteiger partial charge on any atom is -0.497 e. The summed E-state index contributed by atoms with van der Waals surface area (Å²) in [6, 6.07) is 11.8. The van der Waals surface area contributed by atoms with Crippen molar-refractivity contribution in [2.45, 2.75) is 6.54 Å². The number of fused-ring (bicyclic) bond motifs is 1. The molecular weight excluding hydrogens is 304 g/mol. The SMILES string of the molecule is COc1ccc(CNc2ccc3ncc(-c4cn[nH]c4)n3n2)cc1. The van der Waals surface area contributed by atoms with Gasteiger partial charge in [-0.3, -0.25) is 5.10 Å². The molecule has 0 atom stereocenters. The number of benzene rings is 1. The summed E-state index contributed by atoms with van der Waals surface area (Å²) in [4.78, 5) is 4.37. The fraction of sp³-hybridized carbons (Fsp3) is 0.118. The molecule has 7 nitrogen and oxygen atoms in total. The number of methoxy groups -OCH3 is 1. The Bertz CT molecular complexity index is 943. The lowest BCUT2D eigenvalue weighted by Gasteiger charge is -2.07. The van der Waals surface area contributed by atoms with Crippen LogP contribution >= 0.6 is 0 Å². The van der Waals surface area contributed by atoms with Crippen LogP contribution in [-0.2, 0) is 6.54 Å². The van der Waals surface area contributed by atoms with E-state index in [0.29, 0.717) is 6.54 Å². The van der Waals surface area contributed by atoms with Gasteiger partial charge in [0.15, 0.2) is 5.65 Å². The maximum Gasteiger partial charge on any atom is 0.154 e. The number of nitrogens with zero attached hydrogens (tertiary/aromatic N) is 4. The molecule has 1 aromatic carbocycles. The van der Waals surface area contributed by atoms with Gasteiger partial charge < -0.3 is 10.1 Å².